The summed E-state index contributed by atoms with van der Waals surface area (Å²) >= 11 is 0. The highest BCUT2D eigenvalue weighted by atomic mass is 16.5. The summed E-state index contributed by atoms with van der Waals surface area (Å²) in [6.45, 7) is 11.8. The Kier molecular flexibility index (Phi) is 6.03. The van der Waals surface area contributed by atoms with Gasteiger partial charge in [0.1, 0.15) is 0 Å². The highest BCUT2D eigenvalue weighted by Crippen LogP contribution is 2.34. The first-order valence-corrected chi connectivity index (χ1v) is 8.92. The predicted molar refractivity (Wildman–Crippen MR) is 105 cm³/mol. The number of amides is 1. The standard InChI is InChI=1S/C19H20N2O3.C2H6/c1-5-24-19(23)17-11(3)15(20-12(17)4)9-14-13-7-6-10(2)8-16(13)21-18(14)22;1-2/h6-9,20H,5H2,1-4H3,(H,21,22);1-2H3/b14-9-;. The molecule has 1 aliphatic rings. The zero-order valence-corrected chi connectivity index (χ0v) is 16.2. The summed E-state index contributed by atoms with van der Waals surface area (Å²) in [5.41, 5.74) is 6.16. The maximum Gasteiger partial charge on any atom is 0.340 e. The number of fused-ring (bicyclic) bond motifs is 1. The van der Waals surface area contributed by atoms with Gasteiger partial charge in [0.05, 0.1) is 17.7 Å². The SMILES string of the molecule is CC.CCOC(=O)c1c(C)[nH]c(/C=C2\C(=O)Nc3cc(C)ccc32)c1C. The van der Waals surface area contributed by atoms with Crippen LogP contribution in [0.3, 0.4) is 0 Å². The van der Waals surface area contributed by atoms with E-state index in [1.165, 1.54) is 0 Å². The van der Waals surface area contributed by atoms with Crippen LogP contribution in [0, 0.1) is 20.8 Å². The molecule has 0 saturated carbocycles. The van der Waals surface area contributed by atoms with Crippen LogP contribution in [-0.4, -0.2) is 23.5 Å². The van der Waals surface area contributed by atoms with Crippen molar-refractivity contribution in [2.45, 2.75) is 41.5 Å². The summed E-state index contributed by atoms with van der Waals surface area (Å²) in [4.78, 5) is 27.6. The van der Waals surface area contributed by atoms with E-state index < -0.39 is 0 Å². The lowest BCUT2D eigenvalue weighted by Gasteiger charge is -2.02. The minimum atomic E-state index is -0.347. The fourth-order valence-electron chi connectivity index (χ4n) is 3.02. The van der Waals surface area contributed by atoms with Gasteiger partial charge in [-0.05, 0) is 51.0 Å². The molecule has 2 N–H and O–H groups in total. The van der Waals surface area contributed by atoms with Crippen molar-refractivity contribution in [2.75, 3.05) is 11.9 Å². The monoisotopic (exact) mass is 354 g/mol. The summed E-state index contributed by atoms with van der Waals surface area (Å²) in [5, 5.41) is 2.88. The number of H-pyrrole nitrogens is 1. The van der Waals surface area contributed by atoms with E-state index in [1.807, 2.05) is 52.8 Å². The van der Waals surface area contributed by atoms with Crippen LogP contribution >= 0.6 is 0 Å². The van der Waals surface area contributed by atoms with Gasteiger partial charge in [-0.1, -0.05) is 26.0 Å². The van der Waals surface area contributed by atoms with Crippen molar-refractivity contribution < 1.29 is 14.3 Å². The summed E-state index contributed by atoms with van der Waals surface area (Å²) < 4.78 is 5.10. The number of carbonyl (C=O) groups excluding carboxylic acids is 2. The van der Waals surface area contributed by atoms with Gasteiger partial charge in [-0.2, -0.15) is 0 Å². The first-order chi connectivity index (χ1) is 12.4. The van der Waals surface area contributed by atoms with E-state index in [4.69, 9.17) is 4.74 Å². The molecule has 0 bridgehead atoms. The van der Waals surface area contributed by atoms with Gasteiger partial charge >= 0.3 is 5.97 Å². The molecule has 0 fully saturated rings. The zero-order valence-electron chi connectivity index (χ0n) is 16.2. The molecule has 1 aliphatic heterocycles. The van der Waals surface area contributed by atoms with E-state index in [1.54, 1.807) is 13.0 Å². The molecule has 0 aliphatic carbocycles. The van der Waals surface area contributed by atoms with Gasteiger partial charge in [0.25, 0.3) is 5.91 Å². The molecule has 0 saturated heterocycles. The number of esters is 1. The fraction of sp³-hybridized carbons (Fsp3) is 0.333. The number of benzene rings is 1. The van der Waals surface area contributed by atoms with Gasteiger partial charge in [-0.3, -0.25) is 4.79 Å². The highest BCUT2D eigenvalue weighted by Gasteiger charge is 2.25. The Morgan fingerprint density at radius 3 is 2.54 bits per heavy atom. The van der Waals surface area contributed by atoms with E-state index in [2.05, 4.69) is 10.3 Å². The van der Waals surface area contributed by atoms with Gasteiger partial charge in [-0.25, -0.2) is 4.79 Å². The number of aryl methyl sites for hydroxylation is 2. The molecule has 1 amide bonds. The van der Waals surface area contributed by atoms with Crippen molar-refractivity contribution >= 4 is 29.2 Å². The van der Waals surface area contributed by atoms with Crippen LogP contribution in [-0.2, 0) is 9.53 Å². The van der Waals surface area contributed by atoms with E-state index in [-0.39, 0.29) is 11.9 Å². The van der Waals surface area contributed by atoms with Crippen molar-refractivity contribution in [1.82, 2.24) is 4.98 Å². The molecule has 0 unspecified atom stereocenters. The smallest absolute Gasteiger partial charge is 0.340 e. The van der Waals surface area contributed by atoms with Crippen molar-refractivity contribution in [3.05, 3.63) is 51.8 Å². The van der Waals surface area contributed by atoms with Gasteiger partial charge < -0.3 is 15.0 Å². The Balaban J connectivity index is 0.00000117. The molecule has 1 aromatic heterocycles. The van der Waals surface area contributed by atoms with Gasteiger partial charge in [0, 0.05) is 22.6 Å². The van der Waals surface area contributed by atoms with Crippen LogP contribution in [0.25, 0.3) is 11.6 Å². The molecule has 0 radical (unpaired) electrons. The molecular formula is C21H26N2O3. The van der Waals surface area contributed by atoms with Crippen LogP contribution in [0.1, 0.15) is 59.2 Å². The minimum absolute atomic E-state index is 0.139. The molecule has 2 aromatic rings. The number of aromatic amines is 1. The number of nitrogens with one attached hydrogen (secondary N) is 2. The number of anilines is 1. The number of carbonyl (C=O) groups is 2. The summed E-state index contributed by atoms with van der Waals surface area (Å²) in [6.07, 6.45) is 1.79. The molecular weight excluding hydrogens is 328 g/mol. The van der Waals surface area contributed by atoms with E-state index in [0.29, 0.717) is 17.7 Å². The average Bonchev–Trinajstić information content (AvgIpc) is 3.06. The van der Waals surface area contributed by atoms with Gasteiger partial charge in [0.15, 0.2) is 0 Å². The maximum absolute atomic E-state index is 12.3. The Bertz CT molecular complexity index is 876. The summed E-state index contributed by atoms with van der Waals surface area (Å²) in [7, 11) is 0. The number of hydrogen-bond acceptors (Lipinski definition) is 3. The lowest BCUT2D eigenvalue weighted by atomic mass is 10.0. The Labute approximate surface area is 154 Å². The Morgan fingerprint density at radius 2 is 1.88 bits per heavy atom. The lowest BCUT2D eigenvalue weighted by Crippen LogP contribution is -2.06. The second kappa shape index (κ2) is 8.04. The Hall–Kier alpha value is -2.82. The van der Waals surface area contributed by atoms with Gasteiger partial charge in [-0.15, -0.1) is 0 Å². The van der Waals surface area contributed by atoms with Crippen LogP contribution < -0.4 is 5.32 Å². The summed E-state index contributed by atoms with van der Waals surface area (Å²) in [5.74, 6) is -0.486. The molecule has 2 heterocycles. The number of ether oxygens (including phenoxy) is 1. The fourth-order valence-corrected chi connectivity index (χ4v) is 3.02. The lowest BCUT2D eigenvalue weighted by molar-refractivity contribution is -0.110. The zero-order chi connectivity index (χ0) is 19.4. The molecule has 5 heteroatoms. The van der Waals surface area contributed by atoms with E-state index >= 15 is 0 Å². The normalized spacial score (nSPS) is 13.8. The molecule has 138 valence electrons. The molecule has 3 rings (SSSR count). The number of hydrogen-bond donors (Lipinski definition) is 2. The molecule has 1 aromatic carbocycles. The largest absolute Gasteiger partial charge is 0.462 e. The summed E-state index contributed by atoms with van der Waals surface area (Å²) in [6, 6.07) is 5.86. The second-order valence-corrected chi connectivity index (χ2v) is 5.95. The third kappa shape index (κ3) is 3.57. The topological polar surface area (TPSA) is 71.2 Å². The number of aromatic nitrogens is 1. The number of rotatable bonds is 3. The van der Waals surface area contributed by atoms with Crippen LogP contribution in [0.5, 0.6) is 0 Å². The highest BCUT2D eigenvalue weighted by molar-refractivity contribution is 6.35. The van der Waals surface area contributed by atoms with Crippen molar-refractivity contribution in [1.29, 1.82) is 0 Å². The Morgan fingerprint density at radius 1 is 1.19 bits per heavy atom. The third-order valence-corrected chi connectivity index (χ3v) is 4.20. The van der Waals surface area contributed by atoms with E-state index in [9.17, 15) is 9.59 Å². The quantitative estimate of drug-likeness (QED) is 0.623. The second-order valence-electron chi connectivity index (χ2n) is 5.95. The molecule has 0 spiro atoms. The van der Waals surface area contributed by atoms with Gasteiger partial charge in [0.2, 0.25) is 0 Å². The van der Waals surface area contributed by atoms with Crippen LogP contribution in [0.4, 0.5) is 5.69 Å². The minimum Gasteiger partial charge on any atom is -0.462 e. The molecule has 5 nitrogen and oxygen atoms in total. The maximum atomic E-state index is 12.3. The average molecular weight is 354 g/mol. The first-order valence-electron chi connectivity index (χ1n) is 8.92. The third-order valence-electron chi connectivity index (χ3n) is 4.20. The van der Waals surface area contributed by atoms with Crippen LogP contribution in [0.15, 0.2) is 18.2 Å². The van der Waals surface area contributed by atoms with Crippen molar-refractivity contribution in [2.24, 2.45) is 0 Å². The molecule has 26 heavy (non-hydrogen) atoms. The predicted octanol–water partition coefficient (Wildman–Crippen LogP) is 4.64. The van der Waals surface area contributed by atoms with Crippen LogP contribution in [0.2, 0.25) is 0 Å². The van der Waals surface area contributed by atoms with Crippen molar-refractivity contribution in [3.63, 3.8) is 0 Å². The molecule has 0 atom stereocenters. The first kappa shape index (κ1) is 19.5. The van der Waals surface area contributed by atoms with Crippen molar-refractivity contribution in [3.8, 4) is 0 Å². The van der Waals surface area contributed by atoms with E-state index in [0.717, 1.165) is 33.8 Å².